The molecule has 1 aromatic carbocycles. The molecule has 2 amide bonds. The quantitative estimate of drug-likeness (QED) is 0.821. The van der Waals surface area contributed by atoms with Gasteiger partial charge in [-0.15, -0.1) is 0 Å². The topological polar surface area (TPSA) is 71.7 Å². The maximum absolute atomic E-state index is 12.5. The maximum atomic E-state index is 12.5. The zero-order valence-electron chi connectivity index (χ0n) is 15.6. The number of amides is 2. The molecule has 7 nitrogen and oxygen atoms in total. The standard InChI is InChI=1S/C19H25N5O2/c1-14-19(15(2)24(21-14)17-7-5-4-6-8-17)20-18(26)13-22-9-11-23(12-10-22)16(3)25/h4-8H,9-13H2,1-3H3,(H,20,26)/p+1. The van der Waals surface area contributed by atoms with Gasteiger partial charge in [-0.25, -0.2) is 4.68 Å². The number of carbonyl (C=O) groups excluding carboxylic acids is 2. The fraction of sp³-hybridized carbons (Fsp3) is 0.421. The summed E-state index contributed by atoms with van der Waals surface area (Å²) in [4.78, 5) is 26.9. The molecule has 0 bridgehead atoms. The number of hydrogen-bond acceptors (Lipinski definition) is 3. The van der Waals surface area contributed by atoms with Gasteiger partial charge in [-0.2, -0.15) is 5.10 Å². The fourth-order valence-electron chi connectivity index (χ4n) is 3.37. The lowest BCUT2D eigenvalue weighted by Gasteiger charge is -2.31. The zero-order valence-corrected chi connectivity index (χ0v) is 15.6. The molecule has 0 aliphatic carbocycles. The molecule has 1 fully saturated rings. The fourth-order valence-corrected chi connectivity index (χ4v) is 3.37. The zero-order chi connectivity index (χ0) is 18.7. The number of aryl methyl sites for hydroxylation is 1. The van der Waals surface area contributed by atoms with Crippen LogP contribution in [0.5, 0.6) is 0 Å². The molecule has 26 heavy (non-hydrogen) atoms. The van der Waals surface area contributed by atoms with E-state index in [2.05, 4.69) is 10.4 Å². The Bertz CT molecular complexity index is 792. The van der Waals surface area contributed by atoms with Gasteiger partial charge in [-0.3, -0.25) is 9.59 Å². The molecule has 3 rings (SSSR count). The van der Waals surface area contributed by atoms with Gasteiger partial charge in [-0.05, 0) is 26.0 Å². The molecule has 7 heteroatoms. The van der Waals surface area contributed by atoms with Crippen molar-refractivity contribution in [2.24, 2.45) is 0 Å². The van der Waals surface area contributed by atoms with Gasteiger partial charge < -0.3 is 15.1 Å². The van der Waals surface area contributed by atoms with E-state index in [9.17, 15) is 9.59 Å². The number of benzene rings is 1. The molecule has 0 spiro atoms. The normalized spacial score (nSPS) is 15.1. The Morgan fingerprint density at radius 1 is 1.15 bits per heavy atom. The number of carbonyl (C=O) groups is 2. The van der Waals surface area contributed by atoms with E-state index in [1.54, 1.807) is 6.92 Å². The van der Waals surface area contributed by atoms with Crippen molar-refractivity contribution in [2.45, 2.75) is 20.8 Å². The van der Waals surface area contributed by atoms with Crippen LogP contribution in [0, 0.1) is 13.8 Å². The number of rotatable bonds is 4. The highest BCUT2D eigenvalue weighted by molar-refractivity contribution is 5.92. The molecule has 0 saturated carbocycles. The average Bonchev–Trinajstić information content (AvgIpc) is 2.91. The number of piperazine rings is 1. The minimum atomic E-state index is -0.0184. The van der Waals surface area contributed by atoms with E-state index in [1.165, 1.54) is 4.90 Å². The van der Waals surface area contributed by atoms with Crippen molar-refractivity contribution in [2.75, 3.05) is 38.0 Å². The van der Waals surface area contributed by atoms with Crippen LogP contribution < -0.4 is 10.2 Å². The Morgan fingerprint density at radius 2 is 1.81 bits per heavy atom. The van der Waals surface area contributed by atoms with Crippen LogP contribution in [0.3, 0.4) is 0 Å². The highest BCUT2D eigenvalue weighted by atomic mass is 16.2. The van der Waals surface area contributed by atoms with Gasteiger partial charge in [0.2, 0.25) is 5.91 Å². The number of anilines is 1. The van der Waals surface area contributed by atoms with Crippen molar-refractivity contribution < 1.29 is 14.5 Å². The molecule has 1 saturated heterocycles. The van der Waals surface area contributed by atoms with Crippen molar-refractivity contribution in [3.05, 3.63) is 41.7 Å². The smallest absolute Gasteiger partial charge is 0.279 e. The molecule has 2 N–H and O–H groups in total. The third kappa shape index (κ3) is 3.94. The maximum Gasteiger partial charge on any atom is 0.279 e. The summed E-state index contributed by atoms with van der Waals surface area (Å²) in [5.41, 5.74) is 3.47. The second-order valence-corrected chi connectivity index (χ2v) is 6.77. The van der Waals surface area contributed by atoms with E-state index in [4.69, 9.17) is 0 Å². The van der Waals surface area contributed by atoms with Gasteiger partial charge in [0.25, 0.3) is 5.91 Å². The van der Waals surface area contributed by atoms with Gasteiger partial charge in [0.15, 0.2) is 6.54 Å². The Kier molecular flexibility index (Phi) is 5.37. The van der Waals surface area contributed by atoms with E-state index in [-0.39, 0.29) is 11.8 Å². The summed E-state index contributed by atoms with van der Waals surface area (Å²) < 4.78 is 1.85. The molecule has 0 atom stereocenters. The summed E-state index contributed by atoms with van der Waals surface area (Å²) in [7, 11) is 0. The molecule has 1 aromatic heterocycles. The van der Waals surface area contributed by atoms with E-state index in [1.807, 2.05) is 53.8 Å². The number of hydrogen-bond donors (Lipinski definition) is 2. The summed E-state index contributed by atoms with van der Waals surface area (Å²) in [5, 5.41) is 7.59. The van der Waals surface area contributed by atoms with Crippen LogP contribution in [0.1, 0.15) is 18.3 Å². The van der Waals surface area contributed by atoms with E-state index < -0.39 is 0 Å². The van der Waals surface area contributed by atoms with Crippen LogP contribution in [-0.2, 0) is 9.59 Å². The lowest BCUT2D eigenvalue weighted by molar-refractivity contribution is -0.895. The van der Waals surface area contributed by atoms with Crippen LogP contribution in [0.4, 0.5) is 5.69 Å². The SMILES string of the molecule is CC(=O)N1CC[NH+](CC(=O)Nc2c(C)nn(-c3ccccc3)c2C)CC1. The molecular formula is C19H26N5O2+. The van der Waals surface area contributed by atoms with Crippen LogP contribution in [-0.4, -0.2) is 59.2 Å². The van der Waals surface area contributed by atoms with Crippen molar-refractivity contribution in [3.8, 4) is 5.69 Å². The van der Waals surface area contributed by atoms with Crippen molar-refractivity contribution in [1.82, 2.24) is 14.7 Å². The number of nitrogens with one attached hydrogen (secondary N) is 2. The summed E-state index contributed by atoms with van der Waals surface area (Å²) in [5.74, 6) is 0.0863. The van der Waals surface area contributed by atoms with Crippen molar-refractivity contribution >= 4 is 17.5 Å². The summed E-state index contributed by atoms with van der Waals surface area (Å²) >= 11 is 0. The lowest BCUT2D eigenvalue weighted by atomic mass is 10.2. The number of aromatic nitrogens is 2. The molecule has 1 aliphatic heterocycles. The Hall–Kier alpha value is -2.67. The first-order valence-electron chi connectivity index (χ1n) is 8.96. The molecule has 138 valence electrons. The van der Waals surface area contributed by atoms with E-state index in [0.717, 1.165) is 35.9 Å². The minimum Gasteiger partial charge on any atom is -0.332 e. The van der Waals surface area contributed by atoms with Crippen LogP contribution >= 0.6 is 0 Å². The molecule has 2 aromatic rings. The van der Waals surface area contributed by atoms with E-state index >= 15 is 0 Å². The number of para-hydroxylation sites is 1. The van der Waals surface area contributed by atoms with Gasteiger partial charge in [0.1, 0.15) is 0 Å². The number of quaternary nitrogens is 1. The summed E-state index contributed by atoms with van der Waals surface area (Å²) in [6.07, 6.45) is 0. The third-order valence-corrected chi connectivity index (χ3v) is 4.88. The van der Waals surface area contributed by atoms with Crippen molar-refractivity contribution in [3.63, 3.8) is 0 Å². The van der Waals surface area contributed by atoms with Gasteiger partial charge in [-0.1, -0.05) is 18.2 Å². The minimum absolute atomic E-state index is 0.0184. The highest BCUT2D eigenvalue weighted by Crippen LogP contribution is 2.22. The molecular weight excluding hydrogens is 330 g/mol. The van der Waals surface area contributed by atoms with Crippen LogP contribution in [0.2, 0.25) is 0 Å². The van der Waals surface area contributed by atoms with Crippen LogP contribution in [0.15, 0.2) is 30.3 Å². The molecule has 1 aliphatic rings. The number of nitrogens with zero attached hydrogens (tertiary/aromatic N) is 3. The van der Waals surface area contributed by atoms with E-state index in [0.29, 0.717) is 19.6 Å². The van der Waals surface area contributed by atoms with Gasteiger partial charge in [0, 0.05) is 6.92 Å². The highest BCUT2D eigenvalue weighted by Gasteiger charge is 2.24. The van der Waals surface area contributed by atoms with Gasteiger partial charge in [0.05, 0.1) is 48.9 Å². The predicted octanol–water partition coefficient (Wildman–Crippen LogP) is 0.175. The lowest BCUT2D eigenvalue weighted by Crippen LogP contribution is -3.15. The third-order valence-electron chi connectivity index (χ3n) is 4.88. The average molecular weight is 356 g/mol. The predicted molar refractivity (Wildman–Crippen MR) is 99.5 cm³/mol. The summed E-state index contributed by atoms with van der Waals surface area (Å²) in [6, 6.07) is 9.88. The molecule has 2 heterocycles. The second-order valence-electron chi connectivity index (χ2n) is 6.77. The Balaban J connectivity index is 1.63. The molecule has 0 radical (unpaired) electrons. The largest absolute Gasteiger partial charge is 0.332 e. The first-order chi connectivity index (χ1) is 12.5. The van der Waals surface area contributed by atoms with Crippen LogP contribution in [0.25, 0.3) is 5.69 Å². The Morgan fingerprint density at radius 3 is 2.42 bits per heavy atom. The van der Waals surface area contributed by atoms with Crippen molar-refractivity contribution in [1.29, 1.82) is 0 Å². The molecule has 0 unspecified atom stereocenters. The second kappa shape index (κ2) is 7.70. The Labute approximate surface area is 153 Å². The summed E-state index contributed by atoms with van der Waals surface area (Å²) in [6.45, 7) is 8.88. The monoisotopic (exact) mass is 356 g/mol. The first kappa shape index (κ1) is 18.1. The first-order valence-corrected chi connectivity index (χ1v) is 8.96. The van der Waals surface area contributed by atoms with Gasteiger partial charge >= 0.3 is 0 Å².